The van der Waals surface area contributed by atoms with Gasteiger partial charge in [0.25, 0.3) is 0 Å². The van der Waals surface area contributed by atoms with Gasteiger partial charge in [-0.05, 0) is 38.5 Å². The van der Waals surface area contributed by atoms with E-state index in [1.807, 2.05) is 0 Å². The maximum Gasteiger partial charge on any atom is 0.0701 e. The molecule has 2 fully saturated rings. The minimum Gasteiger partial charge on any atom is -0.373 e. The van der Waals surface area contributed by atoms with Gasteiger partial charge >= 0.3 is 0 Å². The van der Waals surface area contributed by atoms with Crippen molar-refractivity contribution in [1.29, 1.82) is 0 Å². The Labute approximate surface area is 124 Å². The van der Waals surface area contributed by atoms with E-state index in [0.29, 0.717) is 12.2 Å². The number of ether oxygens (including phenoxy) is 1. The lowest BCUT2D eigenvalue weighted by Gasteiger charge is -2.43. The summed E-state index contributed by atoms with van der Waals surface area (Å²) in [6, 6.07) is 0. The monoisotopic (exact) mass is 294 g/mol. The lowest BCUT2D eigenvalue weighted by molar-refractivity contribution is -0.0271. The summed E-state index contributed by atoms with van der Waals surface area (Å²) in [7, 11) is 0. The molecule has 0 saturated carbocycles. The Balaban J connectivity index is 1.41. The summed E-state index contributed by atoms with van der Waals surface area (Å²) in [4.78, 5) is 0. The Morgan fingerprint density at radius 2 is 1.26 bits per heavy atom. The van der Waals surface area contributed by atoms with E-state index in [0.717, 1.165) is 21.0 Å². The van der Waals surface area contributed by atoms with Crippen LogP contribution in [0, 0.1) is 0 Å². The summed E-state index contributed by atoms with van der Waals surface area (Å²) in [6.45, 7) is 0. The predicted octanol–water partition coefficient (Wildman–Crippen LogP) is 4.19. The van der Waals surface area contributed by atoms with Gasteiger partial charge in [0.15, 0.2) is 0 Å². The van der Waals surface area contributed by atoms with Crippen LogP contribution in [0.2, 0.25) is 0 Å². The highest BCUT2D eigenvalue weighted by Gasteiger charge is 2.38. The van der Waals surface area contributed by atoms with Gasteiger partial charge in [-0.3, -0.25) is 0 Å². The van der Waals surface area contributed by atoms with Gasteiger partial charge < -0.3 is 4.74 Å². The van der Waals surface area contributed by atoms with Crippen molar-refractivity contribution in [1.82, 2.24) is 0 Å². The molecule has 104 valence electrons. The normalized spacial score (nSPS) is 48.2. The molecule has 4 aliphatic heterocycles. The second kappa shape index (κ2) is 5.50. The second-order valence-corrected chi connectivity index (χ2v) is 9.09. The zero-order valence-corrected chi connectivity index (χ0v) is 12.9. The van der Waals surface area contributed by atoms with Gasteiger partial charge in [0, 0.05) is 21.0 Å². The third kappa shape index (κ3) is 2.66. The molecule has 0 aliphatic carbocycles. The van der Waals surface area contributed by atoms with Crippen molar-refractivity contribution in [2.75, 3.05) is 0 Å². The van der Waals surface area contributed by atoms with Crippen LogP contribution in [-0.2, 0) is 4.74 Å². The van der Waals surface area contributed by atoms with Gasteiger partial charge in [-0.25, -0.2) is 0 Å². The highest BCUT2D eigenvalue weighted by atomic mass is 32.2. The minimum absolute atomic E-state index is 0.513. The van der Waals surface area contributed by atoms with Crippen LogP contribution in [0.15, 0.2) is 24.3 Å². The third-order valence-electron chi connectivity index (χ3n) is 4.79. The fourth-order valence-corrected chi connectivity index (χ4v) is 6.79. The molecule has 19 heavy (non-hydrogen) atoms. The highest BCUT2D eigenvalue weighted by molar-refractivity contribution is 8.01. The number of allylic oxidation sites excluding steroid dienone is 2. The Morgan fingerprint density at radius 1 is 0.737 bits per heavy atom. The summed E-state index contributed by atoms with van der Waals surface area (Å²) in [5.74, 6) is 0. The zero-order valence-electron chi connectivity index (χ0n) is 11.2. The molecule has 1 nitrogen and oxygen atoms in total. The van der Waals surface area contributed by atoms with Gasteiger partial charge in [-0.2, -0.15) is 0 Å². The van der Waals surface area contributed by atoms with E-state index in [-0.39, 0.29) is 0 Å². The molecule has 6 atom stereocenters. The van der Waals surface area contributed by atoms with E-state index in [9.17, 15) is 0 Å². The van der Waals surface area contributed by atoms with Crippen LogP contribution < -0.4 is 0 Å². The summed E-state index contributed by atoms with van der Waals surface area (Å²) in [5, 5.41) is 3.01. The Morgan fingerprint density at radius 3 is 1.79 bits per heavy atom. The van der Waals surface area contributed by atoms with Crippen LogP contribution in [0.1, 0.15) is 38.5 Å². The first kappa shape index (κ1) is 12.8. The van der Waals surface area contributed by atoms with Gasteiger partial charge in [-0.1, -0.05) is 24.3 Å². The molecule has 0 aromatic heterocycles. The van der Waals surface area contributed by atoms with Crippen molar-refractivity contribution in [3.05, 3.63) is 24.3 Å². The molecule has 4 bridgehead atoms. The summed E-state index contributed by atoms with van der Waals surface area (Å²) >= 11 is 4.32. The first-order chi connectivity index (χ1) is 9.38. The van der Waals surface area contributed by atoms with Gasteiger partial charge in [0.2, 0.25) is 0 Å². The van der Waals surface area contributed by atoms with Crippen molar-refractivity contribution in [3.63, 3.8) is 0 Å². The molecule has 0 aromatic rings. The first-order valence-electron chi connectivity index (χ1n) is 7.68. The van der Waals surface area contributed by atoms with Crippen molar-refractivity contribution < 1.29 is 4.74 Å². The number of fused-ring (bicyclic) bond motifs is 4. The maximum atomic E-state index is 6.59. The van der Waals surface area contributed by atoms with E-state index >= 15 is 0 Å². The van der Waals surface area contributed by atoms with E-state index < -0.39 is 0 Å². The quantitative estimate of drug-likeness (QED) is 0.707. The molecule has 0 amide bonds. The molecule has 0 unspecified atom stereocenters. The van der Waals surface area contributed by atoms with Crippen LogP contribution in [0.4, 0.5) is 0 Å². The van der Waals surface area contributed by atoms with Crippen molar-refractivity contribution in [2.24, 2.45) is 0 Å². The van der Waals surface area contributed by atoms with Crippen molar-refractivity contribution in [3.8, 4) is 0 Å². The molecule has 0 spiro atoms. The lowest BCUT2D eigenvalue weighted by atomic mass is 9.98. The lowest BCUT2D eigenvalue weighted by Crippen LogP contribution is -2.42. The van der Waals surface area contributed by atoms with Crippen LogP contribution >= 0.6 is 23.5 Å². The Kier molecular flexibility index (Phi) is 3.72. The topological polar surface area (TPSA) is 9.23 Å². The van der Waals surface area contributed by atoms with Gasteiger partial charge in [-0.15, -0.1) is 23.5 Å². The average molecular weight is 294 g/mol. The Bertz CT molecular complexity index is 356. The third-order valence-corrected chi connectivity index (χ3v) is 7.96. The largest absolute Gasteiger partial charge is 0.373 e. The number of hydrogen-bond acceptors (Lipinski definition) is 3. The van der Waals surface area contributed by atoms with E-state index in [2.05, 4.69) is 47.8 Å². The number of hydrogen-bond donors (Lipinski definition) is 0. The SMILES string of the molecule is C1=C[C@@H]2CC[C@@H](O[C@@H]3CC[C@@H]4C=CC[C@H]3S4)[C@@H](C1)S2. The average Bonchev–Trinajstić information content (AvgIpc) is 2.45. The van der Waals surface area contributed by atoms with Crippen LogP contribution in [0.3, 0.4) is 0 Å². The van der Waals surface area contributed by atoms with E-state index in [1.165, 1.54) is 38.5 Å². The molecule has 4 aliphatic rings. The molecular weight excluding hydrogens is 272 g/mol. The minimum atomic E-state index is 0.513. The molecule has 4 rings (SSSR count). The summed E-state index contributed by atoms with van der Waals surface area (Å²) < 4.78 is 6.59. The Hall–Kier alpha value is 0.140. The maximum absolute atomic E-state index is 6.59. The zero-order chi connectivity index (χ0) is 12.7. The molecule has 0 N–H and O–H groups in total. The standard InChI is InChI=1S/C16H22OS2/c1-3-11-7-9-13(15(5-1)18-11)17-14-10-8-12-4-2-6-16(14)19-12/h1-4,11-16H,5-10H2/t11-,12+,13-,14-,15-,16-/m1/s1. The molecule has 3 heteroatoms. The molecule has 0 aromatic carbocycles. The van der Waals surface area contributed by atoms with Crippen LogP contribution in [0.5, 0.6) is 0 Å². The van der Waals surface area contributed by atoms with Crippen molar-refractivity contribution >= 4 is 23.5 Å². The van der Waals surface area contributed by atoms with Crippen LogP contribution in [-0.4, -0.2) is 33.2 Å². The summed E-state index contributed by atoms with van der Waals surface area (Å²) in [5.41, 5.74) is 0. The van der Waals surface area contributed by atoms with Gasteiger partial charge in [0.1, 0.15) is 0 Å². The first-order valence-corrected chi connectivity index (χ1v) is 9.57. The van der Waals surface area contributed by atoms with Crippen molar-refractivity contribution in [2.45, 2.75) is 71.7 Å². The van der Waals surface area contributed by atoms with Gasteiger partial charge in [0.05, 0.1) is 12.2 Å². The fraction of sp³-hybridized carbons (Fsp3) is 0.750. The number of rotatable bonds is 2. The molecule has 0 radical (unpaired) electrons. The van der Waals surface area contributed by atoms with E-state index in [1.54, 1.807) is 0 Å². The molecular formula is C16H22OS2. The second-order valence-electron chi connectivity index (χ2n) is 6.12. The summed E-state index contributed by atoms with van der Waals surface area (Å²) in [6.07, 6.45) is 18.2. The predicted molar refractivity (Wildman–Crippen MR) is 85.0 cm³/mol. The molecule has 2 saturated heterocycles. The number of thioether (sulfide) groups is 2. The highest BCUT2D eigenvalue weighted by Crippen LogP contribution is 2.44. The van der Waals surface area contributed by atoms with Crippen LogP contribution in [0.25, 0.3) is 0 Å². The van der Waals surface area contributed by atoms with E-state index in [4.69, 9.17) is 4.74 Å². The molecule has 4 heterocycles. The smallest absolute Gasteiger partial charge is 0.0701 e. The fourth-order valence-electron chi connectivity index (χ4n) is 3.75.